The molecule has 1 atom stereocenters. The van der Waals surface area contributed by atoms with E-state index in [1.54, 1.807) is 38.1 Å². The molecule has 0 bridgehead atoms. The summed E-state index contributed by atoms with van der Waals surface area (Å²) in [7, 11) is 2.64. The first kappa shape index (κ1) is 18.3. The van der Waals surface area contributed by atoms with Crippen LogP contribution in [0.4, 0.5) is 0 Å². The number of methoxy groups -OCH3 is 1. The van der Waals surface area contributed by atoms with Crippen LogP contribution >= 0.6 is 0 Å². The fourth-order valence-corrected chi connectivity index (χ4v) is 1.74. The molecular weight excluding hydrogens is 302 g/mol. The summed E-state index contributed by atoms with van der Waals surface area (Å²) >= 11 is 0. The number of carbonyl (C=O) groups is 1. The summed E-state index contributed by atoms with van der Waals surface area (Å²) in [6.07, 6.45) is 0. The second-order valence-electron chi connectivity index (χ2n) is 4.54. The van der Waals surface area contributed by atoms with Gasteiger partial charge in [-0.1, -0.05) is 34.6 Å². The van der Waals surface area contributed by atoms with Crippen LogP contribution in [0.25, 0.3) is 0 Å². The molecule has 0 amide bonds. The molecule has 1 rings (SSSR count). The highest BCUT2D eigenvalue weighted by Gasteiger charge is 2.24. The molecule has 0 radical (unpaired) electrons. The molecule has 0 aliphatic heterocycles. The third kappa shape index (κ3) is 5.17. The van der Waals surface area contributed by atoms with Gasteiger partial charge in [-0.2, -0.15) is 0 Å². The summed E-state index contributed by atoms with van der Waals surface area (Å²) in [4.78, 5) is 32.5. The number of hydrogen-bond acceptors (Lipinski definition) is 8. The maximum atomic E-state index is 11.6. The van der Waals surface area contributed by atoms with Gasteiger partial charge in [0.25, 0.3) is 0 Å². The SMILES string of the molecule is CON=C(C)C(C)=NOCc1ccccc1C(N=O)C(=O)OC. The summed E-state index contributed by atoms with van der Waals surface area (Å²) in [6.45, 7) is 3.51. The minimum atomic E-state index is -1.23. The van der Waals surface area contributed by atoms with Crippen molar-refractivity contribution in [1.29, 1.82) is 0 Å². The highest BCUT2D eigenvalue weighted by Crippen LogP contribution is 2.23. The Kier molecular flexibility index (Phi) is 7.38. The number of oxime groups is 2. The van der Waals surface area contributed by atoms with E-state index in [0.717, 1.165) is 0 Å². The highest BCUT2D eigenvalue weighted by atomic mass is 16.6. The van der Waals surface area contributed by atoms with Crippen molar-refractivity contribution in [2.45, 2.75) is 26.5 Å². The molecule has 8 nitrogen and oxygen atoms in total. The molecular formula is C15H19N3O5. The summed E-state index contributed by atoms with van der Waals surface area (Å²) in [5.74, 6) is -0.727. The number of benzene rings is 1. The first-order valence-corrected chi connectivity index (χ1v) is 6.77. The Hall–Kier alpha value is -2.77. The van der Waals surface area contributed by atoms with E-state index in [1.807, 2.05) is 0 Å². The molecule has 0 saturated carbocycles. The lowest BCUT2D eigenvalue weighted by atomic mass is 10.0. The minimum absolute atomic E-state index is 0.0663. The summed E-state index contributed by atoms with van der Waals surface area (Å²) in [5, 5.41) is 10.5. The zero-order chi connectivity index (χ0) is 17.2. The quantitative estimate of drug-likeness (QED) is 0.317. The molecule has 1 unspecified atom stereocenters. The smallest absolute Gasteiger partial charge is 0.338 e. The zero-order valence-corrected chi connectivity index (χ0v) is 13.5. The van der Waals surface area contributed by atoms with Crippen LogP contribution in [-0.4, -0.2) is 31.6 Å². The summed E-state index contributed by atoms with van der Waals surface area (Å²) in [5.41, 5.74) is 2.15. The first-order chi connectivity index (χ1) is 11.0. The maximum Gasteiger partial charge on any atom is 0.338 e. The van der Waals surface area contributed by atoms with Crippen molar-refractivity contribution in [3.63, 3.8) is 0 Å². The predicted octanol–water partition coefficient (Wildman–Crippen LogP) is 2.58. The second-order valence-corrected chi connectivity index (χ2v) is 4.54. The van der Waals surface area contributed by atoms with Gasteiger partial charge in [0.15, 0.2) is 0 Å². The normalized spacial score (nSPS) is 13.2. The number of rotatable bonds is 8. The lowest BCUT2D eigenvalue weighted by Crippen LogP contribution is -2.14. The van der Waals surface area contributed by atoms with Gasteiger partial charge in [-0.05, 0) is 30.2 Å². The topological polar surface area (TPSA) is 98.9 Å². The van der Waals surface area contributed by atoms with Crippen LogP contribution in [0.3, 0.4) is 0 Å². The molecule has 0 aromatic heterocycles. The molecule has 0 saturated heterocycles. The fourth-order valence-electron chi connectivity index (χ4n) is 1.74. The Bertz CT molecular complexity index is 613. The second kappa shape index (κ2) is 9.29. The molecule has 8 heteroatoms. The number of nitrogens with zero attached hydrogens (tertiary/aromatic N) is 3. The van der Waals surface area contributed by atoms with E-state index < -0.39 is 12.0 Å². The van der Waals surface area contributed by atoms with Crippen molar-refractivity contribution in [2.75, 3.05) is 14.2 Å². The third-order valence-electron chi connectivity index (χ3n) is 3.05. The zero-order valence-electron chi connectivity index (χ0n) is 13.5. The van der Waals surface area contributed by atoms with Gasteiger partial charge >= 0.3 is 5.97 Å². The number of ether oxygens (including phenoxy) is 1. The molecule has 0 heterocycles. The maximum absolute atomic E-state index is 11.6. The van der Waals surface area contributed by atoms with Crippen molar-refractivity contribution in [2.24, 2.45) is 15.5 Å². The molecule has 0 spiro atoms. The van der Waals surface area contributed by atoms with Crippen molar-refractivity contribution in [3.8, 4) is 0 Å². The Morgan fingerprint density at radius 2 is 1.78 bits per heavy atom. The Morgan fingerprint density at radius 1 is 1.13 bits per heavy atom. The summed E-state index contributed by atoms with van der Waals surface area (Å²) in [6, 6.07) is 5.56. The lowest BCUT2D eigenvalue weighted by molar-refractivity contribution is -0.142. The molecule has 0 aliphatic carbocycles. The Morgan fingerprint density at radius 3 is 2.39 bits per heavy atom. The van der Waals surface area contributed by atoms with Crippen LogP contribution in [0.5, 0.6) is 0 Å². The van der Waals surface area contributed by atoms with Crippen LogP contribution in [0, 0.1) is 4.91 Å². The van der Waals surface area contributed by atoms with Crippen LogP contribution in [-0.2, 0) is 25.8 Å². The van der Waals surface area contributed by atoms with Gasteiger partial charge in [0.2, 0.25) is 6.04 Å². The van der Waals surface area contributed by atoms with E-state index in [1.165, 1.54) is 14.2 Å². The minimum Gasteiger partial charge on any atom is -0.467 e. The number of esters is 1. The van der Waals surface area contributed by atoms with E-state index >= 15 is 0 Å². The molecule has 0 fully saturated rings. The monoisotopic (exact) mass is 321 g/mol. The third-order valence-corrected chi connectivity index (χ3v) is 3.05. The van der Waals surface area contributed by atoms with E-state index in [-0.39, 0.29) is 6.61 Å². The molecule has 0 aliphatic rings. The fraction of sp³-hybridized carbons (Fsp3) is 0.400. The number of nitroso groups, excluding NO2 is 1. The van der Waals surface area contributed by atoms with E-state index in [0.29, 0.717) is 22.6 Å². The summed E-state index contributed by atoms with van der Waals surface area (Å²) < 4.78 is 4.58. The van der Waals surface area contributed by atoms with Crippen LogP contribution in [0.1, 0.15) is 31.0 Å². The van der Waals surface area contributed by atoms with Gasteiger partial charge in [0.05, 0.1) is 7.11 Å². The first-order valence-electron chi connectivity index (χ1n) is 6.77. The van der Waals surface area contributed by atoms with Crippen LogP contribution < -0.4 is 0 Å². The van der Waals surface area contributed by atoms with Crippen LogP contribution in [0.15, 0.2) is 39.8 Å². The van der Waals surface area contributed by atoms with E-state index in [4.69, 9.17) is 4.84 Å². The standard InChI is InChI=1S/C15H19N3O5/c1-10(17-22-4)11(2)18-23-9-12-7-5-6-8-13(12)14(16-20)15(19)21-3/h5-8,14H,9H2,1-4H3. The highest BCUT2D eigenvalue weighted by molar-refractivity contribution is 6.40. The van der Waals surface area contributed by atoms with Crippen LogP contribution in [0.2, 0.25) is 0 Å². The van der Waals surface area contributed by atoms with E-state index in [9.17, 15) is 9.70 Å². The van der Waals surface area contributed by atoms with Gasteiger partial charge < -0.3 is 14.4 Å². The average Bonchev–Trinajstić information content (AvgIpc) is 2.56. The predicted molar refractivity (Wildman–Crippen MR) is 85.0 cm³/mol. The van der Waals surface area contributed by atoms with Crippen molar-refractivity contribution in [1.82, 2.24) is 0 Å². The average molecular weight is 321 g/mol. The Balaban J connectivity index is 2.90. The van der Waals surface area contributed by atoms with Gasteiger partial charge in [-0.25, -0.2) is 4.79 Å². The van der Waals surface area contributed by atoms with Gasteiger partial charge in [0, 0.05) is 0 Å². The largest absolute Gasteiger partial charge is 0.467 e. The molecule has 23 heavy (non-hydrogen) atoms. The molecule has 0 N–H and O–H groups in total. The molecule has 1 aromatic rings. The van der Waals surface area contributed by atoms with Gasteiger partial charge in [0.1, 0.15) is 25.1 Å². The van der Waals surface area contributed by atoms with Crippen molar-refractivity contribution in [3.05, 3.63) is 40.3 Å². The van der Waals surface area contributed by atoms with Gasteiger partial charge in [-0.3, -0.25) is 0 Å². The Labute approximate surface area is 134 Å². The molecule has 124 valence electrons. The molecule has 1 aromatic carbocycles. The lowest BCUT2D eigenvalue weighted by Gasteiger charge is -2.12. The van der Waals surface area contributed by atoms with Crippen molar-refractivity contribution >= 4 is 17.4 Å². The number of hydrogen-bond donors (Lipinski definition) is 0. The van der Waals surface area contributed by atoms with Gasteiger partial charge in [-0.15, -0.1) is 4.91 Å². The van der Waals surface area contributed by atoms with Crippen molar-refractivity contribution < 1.29 is 19.2 Å². The van der Waals surface area contributed by atoms with E-state index in [2.05, 4.69) is 25.1 Å². The number of carbonyl (C=O) groups excluding carboxylic acids is 1.